The molecule has 0 aliphatic carbocycles. The van der Waals surface area contributed by atoms with Crippen molar-refractivity contribution in [3.63, 3.8) is 0 Å². The Morgan fingerprint density at radius 3 is 2.57 bits per heavy atom. The van der Waals surface area contributed by atoms with E-state index >= 15 is 0 Å². The van der Waals surface area contributed by atoms with Crippen molar-refractivity contribution in [2.24, 2.45) is 0 Å². The standard InChI is InChI=1S/C29H35N5O3/c1-36-28-7-3-5-24(17-28)21-34(20-23-4-2-6-26(16-23)32-12-14-37-15-13-32)27-8-9-31-25(18-27)22-33-11-10-30-19-29(33)35/h2-9,16-18,30H,10-15,19-22H2,1H3. The van der Waals surface area contributed by atoms with E-state index in [1.807, 2.05) is 23.2 Å². The van der Waals surface area contributed by atoms with Crippen LogP contribution in [0.1, 0.15) is 16.8 Å². The number of pyridine rings is 1. The molecule has 2 fully saturated rings. The molecule has 8 nitrogen and oxygen atoms in total. The molecule has 0 bridgehead atoms. The lowest BCUT2D eigenvalue weighted by molar-refractivity contribution is -0.132. The summed E-state index contributed by atoms with van der Waals surface area (Å²) >= 11 is 0. The number of nitrogens with one attached hydrogen (secondary N) is 1. The van der Waals surface area contributed by atoms with Gasteiger partial charge in [-0.25, -0.2) is 0 Å². The largest absolute Gasteiger partial charge is 0.497 e. The van der Waals surface area contributed by atoms with Crippen LogP contribution < -0.4 is 19.9 Å². The zero-order valence-corrected chi connectivity index (χ0v) is 21.4. The number of carbonyl (C=O) groups is 1. The van der Waals surface area contributed by atoms with Crippen molar-refractivity contribution in [2.45, 2.75) is 19.6 Å². The summed E-state index contributed by atoms with van der Waals surface area (Å²) in [6, 6.07) is 21.1. The Balaban J connectivity index is 1.40. The first-order valence-electron chi connectivity index (χ1n) is 12.9. The second kappa shape index (κ2) is 12.1. The molecule has 194 valence electrons. The molecule has 3 aromatic rings. The number of benzene rings is 2. The molecule has 1 N–H and O–H groups in total. The van der Waals surface area contributed by atoms with Gasteiger partial charge in [-0.05, 0) is 47.5 Å². The fourth-order valence-electron chi connectivity index (χ4n) is 4.88. The van der Waals surface area contributed by atoms with Gasteiger partial charge in [0.1, 0.15) is 5.75 Å². The maximum atomic E-state index is 12.3. The van der Waals surface area contributed by atoms with E-state index in [0.29, 0.717) is 19.6 Å². The minimum atomic E-state index is 0.117. The Bertz CT molecular complexity index is 1200. The van der Waals surface area contributed by atoms with Crippen LogP contribution in [0.15, 0.2) is 66.9 Å². The van der Waals surface area contributed by atoms with Gasteiger partial charge in [0.05, 0.1) is 39.1 Å². The number of anilines is 2. The van der Waals surface area contributed by atoms with Gasteiger partial charge in [0.15, 0.2) is 0 Å². The van der Waals surface area contributed by atoms with Crippen LogP contribution in [0.3, 0.4) is 0 Å². The molecule has 0 atom stereocenters. The van der Waals surface area contributed by atoms with Gasteiger partial charge in [-0.1, -0.05) is 24.3 Å². The molecule has 3 heterocycles. The number of amides is 1. The molecule has 0 spiro atoms. The maximum Gasteiger partial charge on any atom is 0.236 e. The van der Waals surface area contributed by atoms with Gasteiger partial charge in [0.25, 0.3) is 0 Å². The molecule has 0 radical (unpaired) electrons. The fraction of sp³-hybridized carbons (Fsp3) is 0.379. The van der Waals surface area contributed by atoms with E-state index in [4.69, 9.17) is 9.47 Å². The number of aromatic nitrogens is 1. The van der Waals surface area contributed by atoms with Crippen LogP contribution in [0.5, 0.6) is 5.75 Å². The lowest BCUT2D eigenvalue weighted by Crippen LogP contribution is -2.47. The molecular weight excluding hydrogens is 466 g/mol. The average molecular weight is 502 g/mol. The number of ether oxygens (including phenoxy) is 2. The van der Waals surface area contributed by atoms with Crippen LogP contribution in [0.4, 0.5) is 11.4 Å². The first kappa shape index (κ1) is 25.0. The number of piperazine rings is 1. The minimum absolute atomic E-state index is 0.117. The zero-order chi connectivity index (χ0) is 25.5. The van der Waals surface area contributed by atoms with Gasteiger partial charge in [-0.15, -0.1) is 0 Å². The molecule has 2 aromatic carbocycles. The van der Waals surface area contributed by atoms with Gasteiger partial charge in [-0.2, -0.15) is 0 Å². The number of nitrogens with zero attached hydrogens (tertiary/aromatic N) is 4. The van der Waals surface area contributed by atoms with Gasteiger partial charge in [-0.3, -0.25) is 9.78 Å². The molecule has 2 aliphatic heterocycles. The number of morpholine rings is 1. The van der Waals surface area contributed by atoms with Crippen LogP contribution in [0.25, 0.3) is 0 Å². The Morgan fingerprint density at radius 2 is 1.78 bits per heavy atom. The first-order chi connectivity index (χ1) is 18.2. The van der Waals surface area contributed by atoms with Crippen LogP contribution >= 0.6 is 0 Å². The highest BCUT2D eigenvalue weighted by Crippen LogP contribution is 2.25. The smallest absolute Gasteiger partial charge is 0.236 e. The second-order valence-electron chi connectivity index (χ2n) is 9.47. The van der Waals surface area contributed by atoms with Crippen molar-refractivity contribution in [1.29, 1.82) is 0 Å². The van der Waals surface area contributed by atoms with Gasteiger partial charge in [0.2, 0.25) is 5.91 Å². The number of carbonyl (C=O) groups excluding carboxylic acids is 1. The van der Waals surface area contributed by atoms with Crippen molar-refractivity contribution < 1.29 is 14.3 Å². The number of hydrogen-bond acceptors (Lipinski definition) is 7. The summed E-state index contributed by atoms with van der Waals surface area (Å²) in [6.45, 7) is 7.24. The summed E-state index contributed by atoms with van der Waals surface area (Å²) < 4.78 is 11.0. The summed E-state index contributed by atoms with van der Waals surface area (Å²) in [6.07, 6.45) is 1.85. The first-order valence-corrected chi connectivity index (χ1v) is 12.9. The topological polar surface area (TPSA) is 70.2 Å². The predicted molar refractivity (Wildman–Crippen MR) is 145 cm³/mol. The van der Waals surface area contributed by atoms with Crippen LogP contribution in [0, 0.1) is 0 Å². The maximum absolute atomic E-state index is 12.3. The van der Waals surface area contributed by atoms with Crippen LogP contribution in [-0.2, 0) is 29.2 Å². The Labute approximate surface area is 218 Å². The van der Waals surface area contributed by atoms with Gasteiger partial charge in [0, 0.05) is 56.8 Å². The minimum Gasteiger partial charge on any atom is -0.497 e. The monoisotopic (exact) mass is 501 g/mol. The summed E-state index contributed by atoms with van der Waals surface area (Å²) in [5, 5.41) is 3.13. The third-order valence-electron chi connectivity index (χ3n) is 6.87. The molecule has 5 rings (SSSR count). The van der Waals surface area contributed by atoms with Crippen molar-refractivity contribution in [2.75, 3.05) is 62.8 Å². The quantitative estimate of drug-likeness (QED) is 0.483. The fourth-order valence-corrected chi connectivity index (χ4v) is 4.88. The predicted octanol–water partition coefficient (Wildman–Crippen LogP) is 3.07. The van der Waals surface area contributed by atoms with Crippen LogP contribution in [0.2, 0.25) is 0 Å². The second-order valence-corrected chi connectivity index (χ2v) is 9.47. The van der Waals surface area contributed by atoms with Crippen molar-refractivity contribution in [1.82, 2.24) is 15.2 Å². The van der Waals surface area contributed by atoms with E-state index in [1.165, 1.54) is 16.8 Å². The lowest BCUT2D eigenvalue weighted by Gasteiger charge is -2.30. The molecule has 2 saturated heterocycles. The van der Waals surface area contributed by atoms with E-state index in [1.54, 1.807) is 7.11 Å². The lowest BCUT2D eigenvalue weighted by atomic mass is 10.1. The molecule has 37 heavy (non-hydrogen) atoms. The SMILES string of the molecule is COc1cccc(CN(Cc2cccc(N3CCOCC3)c2)c2ccnc(CN3CCNCC3=O)c2)c1. The molecule has 0 unspecified atom stereocenters. The van der Waals surface area contributed by atoms with E-state index in [9.17, 15) is 4.79 Å². The third-order valence-corrected chi connectivity index (χ3v) is 6.87. The van der Waals surface area contributed by atoms with Gasteiger partial charge < -0.3 is 29.5 Å². The highest BCUT2D eigenvalue weighted by molar-refractivity contribution is 5.79. The molecule has 1 aromatic heterocycles. The number of rotatable bonds is 9. The van der Waals surface area contributed by atoms with Gasteiger partial charge >= 0.3 is 0 Å². The molecule has 0 saturated carbocycles. The highest BCUT2D eigenvalue weighted by Gasteiger charge is 2.19. The molecule has 1 amide bonds. The van der Waals surface area contributed by atoms with E-state index in [2.05, 4.69) is 68.6 Å². The molecule has 2 aliphatic rings. The number of hydrogen-bond donors (Lipinski definition) is 1. The Hall–Kier alpha value is -3.62. The summed E-state index contributed by atoms with van der Waals surface area (Å²) in [5.74, 6) is 0.964. The third kappa shape index (κ3) is 6.58. The van der Waals surface area contributed by atoms with Crippen molar-refractivity contribution in [3.05, 3.63) is 83.7 Å². The Morgan fingerprint density at radius 1 is 1.00 bits per heavy atom. The molecule has 8 heteroatoms. The molecular formula is C29H35N5O3. The van der Waals surface area contributed by atoms with Crippen molar-refractivity contribution >= 4 is 17.3 Å². The normalized spacial score (nSPS) is 16.1. The average Bonchev–Trinajstić information content (AvgIpc) is 2.95. The Kier molecular flexibility index (Phi) is 8.18. The highest BCUT2D eigenvalue weighted by atomic mass is 16.5. The van der Waals surface area contributed by atoms with E-state index in [-0.39, 0.29) is 5.91 Å². The van der Waals surface area contributed by atoms with Crippen molar-refractivity contribution in [3.8, 4) is 5.75 Å². The summed E-state index contributed by atoms with van der Waals surface area (Å²) in [5.41, 5.74) is 5.61. The summed E-state index contributed by atoms with van der Waals surface area (Å²) in [4.78, 5) is 23.5. The van der Waals surface area contributed by atoms with Crippen LogP contribution in [-0.4, -0.2) is 68.8 Å². The number of methoxy groups -OCH3 is 1. The van der Waals surface area contributed by atoms with E-state index < -0.39 is 0 Å². The van der Waals surface area contributed by atoms with E-state index in [0.717, 1.165) is 63.1 Å². The zero-order valence-electron chi connectivity index (χ0n) is 21.4. The summed E-state index contributed by atoms with van der Waals surface area (Å²) in [7, 11) is 1.70.